The Morgan fingerprint density at radius 2 is 1.94 bits per heavy atom. The molecule has 0 aliphatic rings. The number of aromatic amines is 1. The Balaban J connectivity index is 2.15. The summed E-state index contributed by atoms with van der Waals surface area (Å²) in [7, 11) is 0. The molecule has 2 aromatic rings. The highest BCUT2D eigenvalue weighted by Gasteiger charge is 2.29. The third kappa shape index (κ3) is 3.09. The molecular formula is C12H12F3N3. The van der Waals surface area contributed by atoms with E-state index in [4.69, 9.17) is 0 Å². The largest absolute Gasteiger partial charge is 0.396 e. The van der Waals surface area contributed by atoms with Crippen molar-refractivity contribution in [2.75, 3.05) is 0 Å². The number of pyridine rings is 1. The average Bonchev–Trinajstić information content (AvgIpc) is 2.75. The molecule has 3 nitrogen and oxygen atoms in total. The van der Waals surface area contributed by atoms with Gasteiger partial charge in [-0.3, -0.25) is 4.98 Å². The minimum Gasteiger partial charge on any atom is -0.345 e. The molecule has 1 N–H and O–H groups in total. The van der Waals surface area contributed by atoms with E-state index in [2.05, 4.69) is 15.0 Å². The van der Waals surface area contributed by atoms with Crippen molar-refractivity contribution in [2.45, 2.75) is 25.4 Å². The number of H-pyrrole nitrogens is 1. The van der Waals surface area contributed by atoms with Crippen LogP contribution in [0.5, 0.6) is 0 Å². The van der Waals surface area contributed by atoms with Crippen molar-refractivity contribution >= 4 is 0 Å². The van der Waals surface area contributed by atoms with Crippen LogP contribution in [0.4, 0.5) is 13.2 Å². The van der Waals surface area contributed by atoms with E-state index < -0.39 is 12.6 Å². The molecule has 0 saturated carbocycles. The van der Waals surface area contributed by atoms with Gasteiger partial charge in [0.15, 0.2) is 0 Å². The van der Waals surface area contributed by atoms with E-state index in [0.717, 1.165) is 5.56 Å². The lowest BCUT2D eigenvalue weighted by Crippen LogP contribution is -2.12. The SMILES string of the molecule is CC(c1ccncc1)c1cnc(CC(F)(F)F)[nH]1. The van der Waals surface area contributed by atoms with E-state index in [0.29, 0.717) is 5.69 Å². The van der Waals surface area contributed by atoms with Crippen molar-refractivity contribution in [2.24, 2.45) is 0 Å². The van der Waals surface area contributed by atoms with Gasteiger partial charge in [-0.05, 0) is 17.7 Å². The first-order valence-electron chi connectivity index (χ1n) is 5.46. The zero-order chi connectivity index (χ0) is 13.2. The average molecular weight is 255 g/mol. The van der Waals surface area contributed by atoms with E-state index in [-0.39, 0.29) is 11.7 Å². The molecule has 1 atom stereocenters. The summed E-state index contributed by atoms with van der Waals surface area (Å²) in [5.74, 6) is -0.0964. The molecule has 0 aromatic carbocycles. The van der Waals surface area contributed by atoms with Gasteiger partial charge < -0.3 is 4.98 Å². The molecular weight excluding hydrogens is 243 g/mol. The number of hydrogen-bond donors (Lipinski definition) is 1. The lowest BCUT2D eigenvalue weighted by molar-refractivity contribution is -0.128. The maximum Gasteiger partial charge on any atom is 0.396 e. The van der Waals surface area contributed by atoms with Crippen LogP contribution in [0.3, 0.4) is 0 Å². The minimum absolute atomic E-state index is 0.0394. The van der Waals surface area contributed by atoms with Gasteiger partial charge in [-0.25, -0.2) is 4.98 Å². The third-order valence-corrected chi connectivity index (χ3v) is 2.69. The number of halogens is 3. The fourth-order valence-corrected chi connectivity index (χ4v) is 1.71. The van der Waals surface area contributed by atoms with Gasteiger partial charge in [0, 0.05) is 30.2 Å². The van der Waals surface area contributed by atoms with Crippen LogP contribution in [0, 0.1) is 0 Å². The normalized spacial score (nSPS) is 13.6. The second-order valence-corrected chi connectivity index (χ2v) is 4.08. The van der Waals surface area contributed by atoms with Crippen molar-refractivity contribution in [1.82, 2.24) is 15.0 Å². The minimum atomic E-state index is -4.24. The summed E-state index contributed by atoms with van der Waals surface area (Å²) in [5, 5.41) is 0. The molecule has 2 aromatic heterocycles. The number of rotatable bonds is 3. The van der Waals surface area contributed by atoms with Crippen LogP contribution in [-0.2, 0) is 6.42 Å². The molecule has 2 rings (SSSR count). The topological polar surface area (TPSA) is 41.6 Å². The summed E-state index contributed by atoms with van der Waals surface area (Å²) in [4.78, 5) is 10.4. The van der Waals surface area contributed by atoms with Crippen LogP contribution in [0.25, 0.3) is 0 Å². The summed E-state index contributed by atoms with van der Waals surface area (Å²) >= 11 is 0. The van der Waals surface area contributed by atoms with Gasteiger partial charge in [-0.2, -0.15) is 13.2 Å². The summed E-state index contributed by atoms with van der Waals surface area (Å²) in [6.45, 7) is 1.90. The van der Waals surface area contributed by atoms with Gasteiger partial charge in [0.25, 0.3) is 0 Å². The van der Waals surface area contributed by atoms with Gasteiger partial charge in [-0.15, -0.1) is 0 Å². The zero-order valence-corrected chi connectivity index (χ0v) is 9.70. The van der Waals surface area contributed by atoms with Crippen molar-refractivity contribution in [3.63, 3.8) is 0 Å². The van der Waals surface area contributed by atoms with Gasteiger partial charge in [0.1, 0.15) is 12.2 Å². The molecule has 0 aliphatic carbocycles. The molecule has 0 saturated heterocycles. The number of aromatic nitrogens is 3. The Bertz CT molecular complexity index is 505. The van der Waals surface area contributed by atoms with Crippen LogP contribution in [0.15, 0.2) is 30.7 Å². The molecule has 0 radical (unpaired) electrons. The molecule has 0 fully saturated rings. The van der Waals surface area contributed by atoms with Gasteiger partial charge in [-0.1, -0.05) is 6.92 Å². The van der Waals surface area contributed by atoms with Crippen molar-refractivity contribution < 1.29 is 13.2 Å². The number of imidazole rings is 1. The van der Waals surface area contributed by atoms with Crippen LogP contribution in [0.2, 0.25) is 0 Å². The van der Waals surface area contributed by atoms with Crippen molar-refractivity contribution in [3.8, 4) is 0 Å². The predicted octanol–water partition coefficient (Wildman–Crippen LogP) is 3.06. The smallest absolute Gasteiger partial charge is 0.345 e. The zero-order valence-electron chi connectivity index (χ0n) is 9.70. The first kappa shape index (κ1) is 12.6. The summed E-state index contributed by atoms with van der Waals surface area (Å²) in [5.41, 5.74) is 1.65. The Kier molecular flexibility index (Phi) is 3.36. The predicted molar refractivity (Wildman–Crippen MR) is 60.1 cm³/mol. The van der Waals surface area contributed by atoms with E-state index in [1.165, 1.54) is 6.20 Å². The highest BCUT2D eigenvalue weighted by molar-refractivity contribution is 5.24. The molecule has 0 spiro atoms. The Hall–Kier alpha value is -1.85. The molecule has 0 amide bonds. The maximum absolute atomic E-state index is 12.2. The van der Waals surface area contributed by atoms with Gasteiger partial charge >= 0.3 is 6.18 Å². The first-order valence-corrected chi connectivity index (χ1v) is 5.46. The lowest BCUT2D eigenvalue weighted by atomic mass is 10.00. The molecule has 2 heterocycles. The lowest BCUT2D eigenvalue weighted by Gasteiger charge is -2.09. The quantitative estimate of drug-likeness (QED) is 0.915. The molecule has 1 unspecified atom stereocenters. The highest BCUT2D eigenvalue weighted by atomic mass is 19.4. The van der Waals surface area contributed by atoms with E-state index in [1.807, 2.05) is 19.1 Å². The highest BCUT2D eigenvalue weighted by Crippen LogP contribution is 2.24. The van der Waals surface area contributed by atoms with Gasteiger partial charge in [0.2, 0.25) is 0 Å². The standard InChI is InChI=1S/C12H12F3N3/c1-8(9-2-4-16-5-3-9)10-7-17-11(18-10)6-12(13,14)15/h2-5,7-8H,6H2,1H3,(H,17,18). The molecule has 6 heteroatoms. The van der Waals surface area contributed by atoms with Crippen LogP contribution in [0.1, 0.15) is 29.9 Å². The maximum atomic E-state index is 12.2. The third-order valence-electron chi connectivity index (χ3n) is 2.69. The number of nitrogens with one attached hydrogen (secondary N) is 1. The monoisotopic (exact) mass is 255 g/mol. The van der Waals surface area contributed by atoms with Crippen LogP contribution in [-0.4, -0.2) is 21.1 Å². The second-order valence-electron chi connectivity index (χ2n) is 4.08. The van der Waals surface area contributed by atoms with E-state index in [1.54, 1.807) is 12.4 Å². The molecule has 18 heavy (non-hydrogen) atoms. The van der Waals surface area contributed by atoms with E-state index >= 15 is 0 Å². The van der Waals surface area contributed by atoms with E-state index in [9.17, 15) is 13.2 Å². The van der Waals surface area contributed by atoms with Crippen LogP contribution < -0.4 is 0 Å². The molecule has 96 valence electrons. The van der Waals surface area contributed by atoms with Crippen molar-refractivity contribution in [1.29, 1.82) is 0 Å². The number of alkyl halides is 3. The Morgan fingerprint density at radius 1 is 1.28 bits per heavy atom. The first-order chi connectivity index (χ1) is 8.46. The van der Waals surface area contributed by atoms with Crippen molar-refractivity contribution in [3.05, 3.63) is 47.8 Å². The number of nitrogens with zero attached hydrogens (tertiary/aromatic N) is 2. The van der Waals surface area contributed by atoms with Gasteiger partial charge in [0.05, 0.1) is 0 Å². The summed E-state index contributed by atoms with van der Waals surface area (Å²) in [6, 6.07) is 3.66. The molecule has 0 bridgehead atoms. The Morgan fingerprint density at radius 3 is 2.56 bits per heavy atom. The molecule has 0 aliphatic heterocycles. The summed E-state index contributed by atoms with van der Waals surface area (Å²) in [6.07, 6.45) is -0.519. The fraction of sp³-hybridized carbons (Fsp3) is 0.333. The summed E-state index contributed by atoms with van der Waals surface area (Å²) < 4.78 is 36.6. The second kappa shape index (κ2) is 4.80. The fourth-order valence-electron chi connectivity index (χ4n) is 1.71. The number of hydrogen-bond acceptors (Lipinski definition) is 2. The van der Waals surface area contributed by atoms with Crippen LogP contribution >= 0.6 is 0 Å². The Labute approximate surface area is 102 Å².